The monoisotopic (exact) mass is 463 g/mol. The number of amides is 2. The number of para-hydroxylation sites is 1. The number of hydrogen-bond acceptors (Lipinski definition) is 4. The molecule has 2 amide bonds. The van der Waals surface area contributed by atoms with Gasteiger partial charge in [0.05, 0.1) is 15.9 Å². The largest absolute Gasteiger partial charge is 0.342 e. The molecule has 0 saturated carbocycles. The minimum absolute atomic E-state index is 0.0641. The van der Waals surface area contributed by atoms with Gasteiger partial charge in [-0.15, -0.1) is 0 Å². The first-order valence-corrected chi connectivity index (χ1v) is 12.6. The van der Waals surface area contributed by atoms with Gasteiger partial charge in [0, 0.05) is 24.4 Å². The standard InChI is InChI=1S/C27H33N3O2S/c1-18(2)19-10-12-21(13-11-19)30(26-28-22-8-6-7-9-23(22)33-26)24(31)20-14-16-29(17-15-20)25(32)27(3,4)5/h6-13,18,20H,14-17H2,1-5H3. The predicted octanol–water partition coefficient (Wildman–Crippen LogP) is 6.37. The average Bonchev–Trinajstić information content (AvgIpc) is 3.22. The van der Waals surface area contributed by atoms with Gasteiger partial charge < -0.3 is 4.90 Å². The second-order valence-electron chi connectivity index (χ2n) is 10.2. The summed E-state index contributed by atoms with van der Waals surface area (Å²) in [7, 11) is 0. The Hall–Kier alpha value is -2.73. The van der Waals surface area contributed by atoms with Crippen LogP contribution in [0.25, 0.3) is 10.2 Å². The van der Waals surface area contributed by atoms with Crippen LogP contribution >= 0.6 is 11.3 Å². The number of benzene rings is 2. The number of fused-ring (bicyclic) bond motifs is 1. The number of thiazole rings is 1. The van der Waals surface area contributed by atoms with E-state index in [0.717, 1.165) is 15.9 Å². The second kappa shape index (κ2) is 9.26. The van der Waals surface area contributed by atoms with E-state index < -0.39 is 5.41 Å². The van der Waals surface area contributed by atoms with Crippen molar-refractivity contribution in [3.63, 3.8) is 0 Å². The van der Waals surface area contributed by atoms with Crippen LogP contribution in [0.4, 0.5) is 10.8 Å². The molecule has 1 aromatic heterocycles. The molecule has 6 heteroatoms. The molecule has 3 aromatic rings. The molecule has 1 fully saturated rings. The first-order chi connectivity index (χ1) is 15.6. The molecule has 4 rings (SSSR count). The van der Waals surface area contributed by atoms with Gasteiger partial charge in [-0.2, -0.15) is 0 Å². The van der Waals surface area contributed by atoms with E-state index in [1.54, 1.807) is 16.2 Å². The Bertz CT molecular complexity index is 1100. The van der Waals surface area contributed by atoms with Gasteiger partial charge in [-0.25, -0.2) is 4.98 Å². The highest BCUT2D eigenvalue weighted by molar-refractivity contribution is 7.22. The summed E-state index contributed by atoms with van der Waals surface area (Å²) < 4.78 is 1.06. The highest BCUT2D eigenvalue weighted by Crippen LogP contribution is 2.36. The summed E-state index contributed by atoms with van der Waals surface area (Å²) in [5.41, 5.74) is 2.59. The molecule has 2 heterocycles. The normalized spacial score (nSPS) is 15.3. The number of anilines is 2. The Kier molecular flexibility index (Phi) is 6.57. The van der Waals surface area contributed by atoms with Crippen molar-refractivity contribution >= 4 is 44.2 Å². The average molecular weight is 464 g/mol. The fraction of sp³-hybridized carbons (Fsp3) is 0.444. The first-order valence-electron chi connectivity index (χ1n) is 11.7. The van der Waals surface area contributed by atoms with Gasteiger partial charge in [0.2, 0.25) is 11.8 Å². The van der Waals surface area contributed by atoms with E-state index in [0.29, 0.717) is 37.0 Å². The lowest BCUT2D eigenvalue weighted by atomic mass is 9.90. The molecule has 0 radical (unpaired) electrons. The van der Waals surface area contributed by atoms with Crippen molar-refractivity contribution in [2.45, 2.75) is 53.4 Å². The Morgan fingerprint density at radius 2 is 1.67 bits per heavy atom. The summed E-state index contributed by atoms with van der Waals surface area (Å²) in [6.07, 6.45) is 1.35. The van der Waals surface area contributed by atoms with Gasteiger partial charge in [0.15, 0.2) is 5.13 Å². The topological polar surface area (TPSA) is 53.5 Å². The number of hydrogen-bond donors (Lipinski definition) is 0. The second-order valence-corrected chi connectivity index (χ2v) is 11.2. The van der Waals surface area contributed by atoms with Crippen LogP contribution in [0.3, 0.4) is 0 Å². The molecule has 0 aliphatic carbocycles. The van der Waals surface area contributed by atoms with Gasteiger partial charge in [-0.05, 0) is 48.6 Å². The van der Waals surface area contributed by atoms with Gasteiger partial charge in [0.1, 0.15) is 0 Å². The van der Waals surface area contributed by atoms with Crippen LogP contribution in [0.1, 0.15) is 58.9 Å². The summed E-state index contributed by atoms with van der Waals surface area (Å²) in [5, 5.41) is 0.701. The predicted molar refractivity (Wildman–Crippen MR) is 136 cm³/mol. The third-order valence-electron chi connectivity index (χ3n) is 6.29. The molecule has 1 aliphatic rings. The maximum Gasteiger partial charge on any atom is 0.236 e. The SMILES string of the molecule is CC(C)c1ccc(N(C(=O)C2CCN(C(=O)C(C)(C)C)CC2)c2nc3ccccc3s2)cc1. The number of carbonyl (C=O) groups is 2. The molecular formula is C27H33N3O2S. The Morgan fingerprint density at radius 3 is 2.24 bits per heavy atom. The van der Waals surface area contributed by atoms with E-state index in [2.05, 4.69) is 26.0 Å². The zero-order chi connectivity index (χ0) is 23.8. The molecule has 33 heavy (non-hydrogen) atoms. The van der Waals surface area contributed by atoms with Crippen molar-refractivity contribution in [1.82, 2.24) is 9.88 Å². The van der Waals surface area contributed by atoms with Crippen molar-refractivity contribution < 1.29 is 9.59 Å². The fourth-order valence-electron chi connectivity index (χ4n) is 4.28. The number of likely N-dealkylation sites (tertiary alicyclic amines) is 1. The van der Waals surface area contributed by atoms with Crippen LogP contribution in [-0.4, -0.2) is 34.8 Å². The third-order valence-corrected chi connectivity index (χ3v) is 7.31. The molecule has 0 spiro atoms. The zero-order valence-electron chi connectivity index (χ0n) is 20.2. The molecule has 0 atom stereocenters. The quantitative estimate of drug-likeness (QED) is 0.452. The number of rotatable bonds is 4. The molecule has 1 aliphatic heterocycles. The molecule has 0 unspecified atom stereocenters. The number of nitrogens with zero attached hydrogens (tertiary/aromatic N) is 3. The van der Waals surface area contributed by atoms with Crippen LogP contribution < -0.4 is 4.90 Å². The lowest BCUT2D eigenvalue weighted by Gasteiger charge is -2.36. The smallest absolute Gasteiger partial charge is 0.236 e. The maximum absolute atomic E-state index is 13.9. The Labute approximate surface area is 200 Å². The summed E-state index contributed by atoms with van der Waals surface area (Å²) >= 11 is 1.54. The van der Waals surface area contributed by atoms with Crippen LogP contribution in [-0.2, 0) is 9.59 Å². The maximum atomic E-state index is 13.9. The van der Waals surface area contributed by atoms with Crippen molar-refractivity contribution in [1.29, 1.82) is 0 Å². The highest BCUT2D eigenvalue weighted by atomic mass is 32.1. The van der Waals surface area contributed by atoms with Crippen molar-refractivity contribution in [2.75, 3.05) is 18.0 Å². The van der Waals surface area contributed by atoms with Crippen LogP contribution in [0.5, 0.6) is 0 Å². The van der Waals surface area contributed by atoms with E-state index >= 15 is 0 Å². The number of carbonyl (C=O) groups excluding carboxylic acids is 2. The van der Waals surface area contributed by atoms with Crippen LogP contribution in [0.15, 0.2) is 48.5 Å². The Morgan fingerprint density at radius 1 is 1.03 bits per heavy atom. The van der Waals surface area contributed by atoms with Crippen LogP contribution in [0, 0.1) is 11.3 Å². The lowest BCUT2D eigenvalue weighted by molar-refractivity contribution is -0.142. The van der Waals surface area contributed by atoms with Crippen molar-refractivity contribution in [3.05, 3.63) is 54.1 Å². The molecule has 0 bridgehead atoms. The van der Waals surface area contributed by atoms with E-state index in [1.807, 2.05) is 62.1 Å². The van der Waals surface area contributed by atoms with Gasteiger partial charge in [-0.3, -0.25) is 14.5 Å². The minimum Gasteiger partial charge on any atom is -0.342 e. The summed E-state index contributed by atoms with van der Waals surface area (Å²) in [4.78, 5) is 35.0. The fourth-order valence-corrected chi connectivity index (χ4v) is 5.27. The zero-order valence-corrected chi connectivity index (χ0v) is 21.0. The summed E-state index contributed by atoms with van der Waals surface area (Å²) in [6, 6.07) is 16.2. The molecule has 174 valence electrons. The third kappa shape index (κ3) is 4.96. The molecule has 1 saturated heterocycles. The number of aromatic nitrogens is 1. The number of piperidine rings is 1. The van der Waals surface area contributed by atoms with E-state index in [1.165, 1.54) is 5.56 Å². The van der Waals surface area contributed by atoms with E-state index in [4.69, 9.17) is 4.98 Å². The summed E-state index contributed by atoms with van der Waals surface area (Å²) in [6.45, 7) is 11.4. The molecule has 0 N–H and O–H groups in total. The first kappa shape index (κ1) is 23.4. The molecule has 2 aromatic carbocycles. The van der Waals surface area contributed by atoms with Gasteiger partial charge in [0.25, 0.3) is 0 Å². The van der Waals surface area contributed by atoms with Crippen molar-refractivity contribution in [2.24, 2.45) is 11.3 Å². The Balaban J connectivity index is 1.62. The minimum atomic E-state index is -0.401. The highest BCUT2D eigenvalue weighted by Gasteiger charge is 2.35. The lowest BCUT2D eigenvalue weighted by Crippen LogP contribution is -2.46. The summed E-state index contributed by atoms with van der Waals surface area (Å²) in [5.74, 6) is 0.510. The van der Waals surface area contributed by atoms with E-state index in [9.17, 15) is 9.59 Å². The van der Waals surface area contributed by atoms with Crippen molar-refractivity contribution in [3.8, 4) is 0 Å². The molecule has 5 nitrogen and oxygen atoms in total. The van der Waals surface area contributed by atoms with Gasteiger partial charge >= 0.3 is 0 Å². The van der Waals surface area contributed by atoms with Gasteiger partial charge in [-0.1, -0.05) is 70.2 Å². The van der Waals surface area contributed by atoms with E-state index in [-0.39, 0.29) is 17.7 Å². The van der Waals surface area contributed by atoms with Crippen LogP contribution in [0.2, 0.25) is 0 Å². The molecular weight excluding hydrogens is 430 g/mol.